The van der Waals surface area contributed by atoms with Gasteiger partial charge in [-0.25, -0.2) is 29.1 Å². The van der Waals surface area contributed by atoms with Crippen molar-refractivity contribution in [2.45, 2.75) is 39.5 Å². The third kappa shape index (κ3) is 6.18. The Morgan fingerprint density at radius 3 is 1.43 bits per heavy atom. The lowest BCUT2D eigenvalue weighted by Crippen LogP contribution is -2.31. The van der Waals surface area contributed by atoms with Gasteiger partial charge in [-0.3, -0.25) is 0 Å². The average molecular weight is 769 g/mol. The van der Waals surface area contributed by atoms with E-state index >= 15 is 0 Å². The Balaban J connectivity index is 0.000000167. The van der Waals surface area contributed by atoms with Crippen LogP contribution in [0.15, 0.2) is 101 Å². The number of carbonyl (C=O) groups is 2. The van der Waals surface area contributed by atoms with Gasteiger partial charge in [-0.2, -0.15) is 0 Å². The number of para-hydroxylation sites is 2. The van der Waals surface area contributed by atoms with Crippen molar-refractivity contribution in [3.63, 3.8) is 0 Å². The van der Waals surface area contributed by atoms with E-state index in [1.165, 1.54) is 22.7 Å². The predicted molar refractivity (Wildman–Crippen MR) is 199 cm³/mol. The van der Waals surface area contributed by atoms with Gasteiger partial charge in [0.2, 0.25) is 11.8 Å². The molecule has 16 heteroatoms. The first-order valence-corrected chi connectivity index (χ1v) is 18.4. The van der Waals surface area contributed by atoms with Gasteiger partial charge in [-0.05, 0) is 52.0 Å². The highest BCUT2D eigenvalue weighted by molar-refractivity contribution is 7.10. The van der Waals surface area contributed by atoms with Gasteiger partial charge in [0.05, 0.1) is 69.4 Å². The number of rotatable bonds is 6. The Morgan fingerprint density at radius 2 is 1.07 bits per heavy atom. The standard InChI is InChI=1S/2C19H16N2O5S/c2*1-3-24-18(22)14-12(16-9(2)21-8-27-16)13-15(26-17(14)20)10-6-4-5-7-11(10)25-19(13)23/h2*4-8,12H,3,20H2,1-2H3/t2*12-/m00/s1. The number of esters is 2. The van der Waals surface area contributed by atoms with Crippen LogP contribution >= 0.6 is 22.7 Å². The summed E-state index contributed by atoms with van der Waals surface area (Å²) < 4.78 is 32.8. The summed E-state index contributed by atoms with van der Waals surface area (Å²) in [6.45, 7) is 7.35. The third-order valence-electron chi connectivity index (χ3n) is 8.79. The first-order chi connectivity index (χ1) is 26.0. The zero-order chi connectivity index (χ0) is 38.3. The second kappa shape index (κ2) is 14.6. The summed E-state index contributed by atoms with van der Waals surface area (Å²) in [6, 6.07) is 14.0. The molecule has 0 radical (unpaired) electrons. The molecule has 8 rings (SSSR count). The molecule has 0 saturated carbocycles. The Kier molecular flexibility index (Phi) is 9.79. The fraction of sp³-hybridized carbons (Fsp3) is 0.211. The van der Waals surface area contributed by atoms with Crippen molar-refractivity contribution < 1.29 is 37.4 Å². The van der Waals surface area contributed by atoms with Crippen LogP contribution in [0.1, 0.15) is 58.0 Å². The van der Waals surface area contributed by atoms with Gasteiger partial charge < -0.3 is 39.2 Å². The van der Waals surface area contributed by atoms with Gasteiger partial charge in [-0.15, -0.1) is 22.7 Å². The summed E-state index contributed by atoms with van der Waals surface area (Å²) in [6.07, 6.45) is 0. The molecule has 0 saturated heterocycles. The lowest BCUT2D eigenvalue weighted by Gasteiger charge is -2.27. The van der Waals surface area contributed by atoms with Gasteiger partial charge in [0.25, 0.3) is 0 Å². The van der Waals surface area contributed by atoms with Crippen LogP contribution in [0.25, 0.3) is 21.9 Å². The lowest BCUT2D eigenvalue weighted by atomic mass is 9.87. The van der Waals surface area contributed by atoms with E-state index in [1.54, 1.807) is 73.4 Å². The van der Waals surface area contributed by atoms with Gasteiger partial charge in [-0.1, -0.05) is 24.3 Å². The molecule has 4 N–H and O–H groups in total. The Hall–Kier alpha value is -6.26. The van der Waals surface area contributed by atoms with E-state index in [4.69, 9.17) is 39.2 Å². The zero-order valence-corrected chi connectivity index (χ0v) is 30.9. The number of nitrogens with zero attached hydrogens (tertiary/aromatic N) is 2. The molecular formula is C38H32N4O10S2. The first kappa shape index (κ1) is 36.1. The SMILES string of the molecule is CCOC(=O)C1=C(N)Oc2c(c(=O)oc3ccccc23)[C@@H]1c1scnc1C.CCOC(=O)C1=C(N)Oc2c(c(=O)oc3ccccc23)[C@@H]1c1scnc1C. The zero-order valence-electron chi connectivity index (χ0n) is 29.3. The van der Waals surface area contributed by atoms with Crippen LogP contribution in [0.2, 0.25) is 0 Å². The number of benzene rings is 2. The molecule has 2 aromatic carbocycles. The van der Waals surface area contributed by atoms with Crippen molar-refractivity contribution in [1.82, 2.24) is 9.97 Å². The van der Waals surface area contributed by atoms with Crippen LogP contribution < -0.4 is 32.2 Å². The number of carbonyl (C=O) groups excluding carboxylic acids is 2. The molecule has 2 aliphatic heterocycles. The molecule has 4 aromatic heterocycles. The number of thiazole rings is 2. The minimum Gasteiger partial charge on any atom is -0.462 e. The largest absolute Gasteiger partial charge is 0.462 e. The van der Waals surface area contributed by atoms with Crippen molar-refractivity contribution in [2.75, 3.05) is 13.2 Å². The number of fused-ring (bicyclic) bond motifs is 6. The van der Waals surface area contributed by atoms with Gasteiger partial charge in [0.1, 0.15) is 22.3 Å². The van der Waals surface area contributed by atoms with E-state index in [9.17, 15) is 19.2 Å². The Bertz CT molecular complexity index is 2470. The molecule has 6 heterocycles. The van der Waals surface area contributed by atoms with Crippen molar-refractivity contribution in [2.24, 2.45) is 11.5 Å². The monoisotopic (exact) mass is 768 g/mol. The van der Waals surface area contributed by atoms with E-state index in [0.29, 0.717) is 54.6 Å². The number of ether oxygens (including phenoxy) is 4. The summed E-state index contributed by atoms with van der Waals surface area (Å²) in [4.78, 5) is 60.9. The molecule has 0 spiro atoms. The summed E-state index contributed by atoms with van der Waals surface area (Å²) in [7, 11) is 0. The maximum Gasteiger partial charge on any atom is 0.344 e. The van der Waals surface area contributed by atoms with Crippen molar-refractivity contribution in [3.8, 4) is 11.5 Å². The Morgan fingerprint density at radius 1 is 0.685 bits per heavy atom. The quantitative estimate of drug-likeness (QED) is 0.155. The van der Waals surface area contributed by atoms with Crippen LogP contribution in [0.4, 0.5) is 0 Å². The second-order valence-corrected chi connectivity index (χ2v) is 13.7. The molecule has 0 amide bonds. The fourth-order valence-electron chi connectivity index (χ4n) is 6.45. The van der Waals surface area contributed by atoms with E-state index in [1.807, 2.05) is 13.8 Å². The van der Waals surface area contributed by atoms with Crippen LogP contribution in [-0.2, 0) is 19.1 Å². The van der Waals surface area contributed by atoms with Crippen LogP contribution in [0.3, 0.4) is 0 Å². The molecule has 14 nitrogen and oxygen atoms in total. The van der Waals surface area contributed by atoms with Gasteiger partial charge >= 0.3 is 23.2 Å². The number of aryl methyl sites for hydroxylation is 2. The fourth-order valence-corrected chi connectivity index (χ4v) is 8.29. The van der Waals surface area contributed by atoms with E-state index in [2.05, 4.69) is 9.97 Å². The minimum absolute atomic E-state index is 0.0827. The molecule has 54 heavy (non-hydrogen) atoms. The summed E-state index contributed by atoms with van der Waals surface area (Å²) in [5.41, 5.74) is 17.1. The van der Waals surface area contributed by atoms with Crippen LogP contribution in [0, 0.1) is 13.8 Å². The van der Waals surface area contributed by atoms with Crippen molar-refractivity contribution in [1.29, 1.82) is 0 Å². The summed E-state index contributed by atoms with van der Waals surface area (Å²) in [5.74, 6) is -2.38. The van der Waals surface area contributed by atoms with E-state index in [0.717, 1.165) is 0 Å². The van der Waals surface area contributed by atoms with Crippen molar-refractivity contribution in [3.05, 3.63) is 136 Å². The van der Waals surface area contributed by atoms with E-state index in [-0.39, 0.29) is 47.3 Å². The highest BCUT2D eigenvalue weighted by atomic mass is 32.1. The highest BCUT2D eigenvalue weighted by Crippen LogP contribution is 2.47. The van der Waals surface area contributed by atoms with Crippen LogP contribution in [0.5, 0.6) is 11.5 Å². The lowest BCUT2D eigenvalue weighted by molar-refractivity contribution is -0.140. The summed E-state index contributed by atoms with van der Waals surface area (Å²) in [5, 5.41) is 1.20. The maximum atomic E-state index is 12.8. The minimum atomic E-state index is -0.763. The maximum absolute atomic E-state index is 12.8. The molecule has 0 fully saturated rings. The van der Waals surface area contributed by atoms with E-state index < -0.39 is 35.0 Å². The van der Waals surface area contributed by atoms with Crippen molar-refractivity contribution >= 4 is 56.6 Å². The molecule has 6 aromatic rings. The average Bonchev–Trinajstić information content (AvgIpc) is 3.78. The second-order valence-electron chi connectivity index (χ2n) is 11.9. The first-order valence-electron chi connectivity index (χ1n) is 16.7. The van der Waals surface area contributed by atoms with Gasteiger partial charge in [0, 0.05) is 9.75 Å². The normalized spacial score (nSPS) is 16.1. The number of hydrogen-bond donors (Lipinski definition) is 2. The van der Waals surface area contributed by atoms with Gasteiger partial charge in [0.15, 0.2) is 11.5 Å². The molecule has 2 atom stereocenters. The Labute approximate surface area is 314 Å². The smallest absolute Gasteiger partial charge is 0.344 e. The molecule has 0 bridgehead atoms. The molecular weight excluding hydrogens is 737 g/mol. The number of nitrogens with two attached hydrogens (primary N) is 2. The number of hydrogen-bond acceptors (Lipinski definition) is 16. The molecule has 276 valence electrons. The highest BCUT2D eigenvalue weighted by Gasteiger charge is 2.42. The number of aromatic nitrogens is 2. The molecule has 0 aliphatic carbocycles. The summed E-state index contributed by atoms with van der Waals surface area (Å²) >= 11 is 2.66. The topological polar surface area (TPSA) is 209 Å². The third-order valence-corrected chi connectivity index (χ3v) is 10.8. The van der Waals surface area contributed by atoms with Crippen LogP contribution in [-0.4, -0.2) is 35.1 Å². The predicted octanol–water partition coefficient (Wildman–Crippen LogP) is 5.63. The molecule has 0 unspecified atom stereocenters. The molecule has 2 aliphatic rings.